The zero-order valence-corrected chi connectivity index (χ0v) is 14.8. The third kappa shape index (κ3) is 4.60. The fourth-order valence-electron chi connectivity index (χ4n) is 2.14. The first-order valence-corrected chi connectivity index (χ1v) is 7.85. The van der Waals surface area contributed by atoms with E-state index < -0.39 is 11.0 Å². The lowest BCUT2D eigenvalue weighted by atomic mass is 10.2. The second kappa shape index (κ2) is 7.85. The molecule has 7 nitrogen and oxygen atoms in total. The van der Waals surface area contributed by atoms with Crippen molar-refractivity contribution >= 4 is 34.6 Å². The monoisotopic (exact) mass is 363 g/mol. The van der Waals surface area contributed by atoms with E-state index in [9.17, 15) is 14.9 Å². The number of nitrogens with one attached hydrogen (secondary N) is 2. The van der Waals surface area contributed by atoms with Crippen molar-refractivity contribution in [1.82, 2.24) is 0 Å². The van der Waals surface area contributed by atoms with Crippen molar-refractivity contribution in [3.05, 3.63) is 57.1 Å². The highest BCUT2D eigenvalue weighted by atomic mass is 35.5. The van der Waals surface area contributed by atoms with E-state index in [2.05, 4.69) is 10.6 Å². The number of nitro groups is 1. The average molecular weight is 364 g/mol. The smallest absolute Gasteiger partial charge is 0.273 e. The van der Waals surface area contributed by atoms with Crippen molar-refractivity contribution in [2.24, 2.45) is 0 Å². The van der Waals surface area contributed by atoms with Crippen molar-refractivity contribution in [2.45, 2.75) is 19.9 Å². The summed E-state index contributed by atoms with van der Waals surface area (Å²) in [4.78, 5) is 22.6. The largest absolute Gasteiger partial charge is 0.494 e. The molecule has 0 fully saturated rings. The van der Waals surface area contributed by atoms with Gasteiger partial charge in [0.2, 0.25) is 5.91 Å². The third-order valence-corrected chi connectivity index (χ3v) is 4.01. The molecule has 0 saturated heterocycles. The number of non-ortho nitro benzene ring substituents is 1. The molecule has 8 heteroatoms. The van der Waals surface area contributed by atoms with Crippen LogP contribution in [0, 0.1) is 17.0 Å². The van der Waals surface area contributed by atoms with Crippen LogP contribution >= 0.6 is 11.6 Å². The molecule has 1 amide bonds. The van der Waals surface area contributed by atoms with Gasteiger partial charge in [0.1, 0.15) is 11.8 Å². The van der Waals surface area contributed by atoms with Crippen molar-refractivity contribution in [3.8, 4) is 5.75 Å². The molecule has 0 bridgehead atoms. The predicted molar refractivity (Wildman–Crippen MR) is 97.6 cm³/mol. The predicted octanol–water partition coefficient (Wildman–Crippen LogP) is 4.00. The van der Waals surface area contributed by atoms with Crippen molar-refractivity contribution in [1.29, 1.82) is 0 Å². The van der Waals surface area contributed by atoms with Gasteiger partial charge in [-0.1, -0.05) is 17.7 Å². The highest BCUT2D eigenvalue weighted by Gasteiger charge is 2.17. The van der Waals surface area contributed by atoms with Gasteiger partial charge in [0.25, 0.3) is 5.69 Å². The summed E-state index contributed by atoms with van der Waals surface area (Å²) in [5.41, 5.74) is 1.90. The molecule has 2 N–H and O–H groups in total. The molecule has 0 aliphatic heterocycles. The fraction of sp³-hybridized carbons (Fsp3) is 0.235. The molecule has 0 spiro atoms. The average Bonchev–Trinajstić information content (AvgIpc) is 2.58. The standard InChI is InChI=1S/C17H18ClN3O4/c1-10-4-5-12(8-14(10)18)19-11(2)17(22)20-15-7-6-13(21(23)24)9-16(15)25-3/h4-9,11,19H,1-3H3,(H,20,22)/t11-/m0/s1. The lowest BCUT2D eigenvalue weighted by Gasteiger charge is -2.17. The molecule has 0 aromatic heterocycles. The van der Waals surface area contributed by atoms with Gasteiger partial charge in [-0.25, -0.2) is 0 Å². The summed E-state index contributed by atoms with van der Waals surface area (Å²) < 4.78 is 5.11. The second-order valence-electron chi connectivity index (χ2n) is 5.46. The van der Waals surface area contributed by atoms with Crippen molar-refractivity contribution in [2.75, 3.05) is 17.7 Å². The first-order valence-electron chi connectivity index (χ1n) is 7.48. The number of rotatable bonds is 6. The number of amides is 1. The Bertz CT molecular complexity index is 810. The third-order valence-electron chi connectivity index (χ3n) is 3.60. The number of hydrogen-bond acceptors (Lipinski definition) is 5. The zero-order chi connectivity index (χ0) is 18.6. The molecule has 1 atom stereocenters. The Balaban J connectivity index is 2.10. The van der Waals surface area contributed by atoms with E-state index in [-0.39, 0.29) is 17.3 Å². The Morgan fingerprint density at radius 1 is 1.28 bits per heavy atom. The summed E-state index contributed by atoms with van der Waals surface area (Å²) >= 11 is 6.07. The van der Waals surface area contributed by atoms with E-state index in [1.165, 1.54) is 25.3 Å². The number of hydrogen-bond donors (Lipinski definition) is 2. The minimum Gasteiger partial charge on any atom is -0.494 e. The van der Waals surface area contributed by atoms with Crippen LogP contribution in [-0.4, -0.2) is 24.0 Å². The number of nitro benzene ring substituents is 1. The maximum atomic E-state index is 12.4. The van der Waals surface area contributed by atoms with Gasteiger partial charge >= 0.3 is 0 Å². The number of anilines is 2. The molecule has 2 aromatic carbocycles. The van der Waals surface area contributed by atoms with E-state index in [1.807, 2.05) is 19.1 Å². The Morgan fingerprint density at radius 3 is 2.60 bits per heavy atom. The highest BCUT2D eigenvalue weighted by molar-refractivity contribution is 6.31. The van der Waals surface area contributed by atoms with Crippen LogP contribution in [0.4, 0.5) is 17.1 Å². The van der Waals surface area contributed by atoms with Gasteiger partial charge in [0.15, 0.2) is 0 Å². The Hall–Kier alpha value is -2.80. The van der Waals surface area contributed by atoms with Crippen LogP contribution in [0.15, 0.2) is 36.4 Å². The normalized spacial score (nSPS) is 11.5. The molecule has 25 heavy (non-hydrogen) atoms. The van der Waals surface area contributed by atoms with Gasteiger partial charge in [0, 0.05) is 16.8 Å². The lowest BCUT2D eigenvalue weighted by molar-refractivity contribution is -0.384. The number of halogens is 1. The quantitative estimate of drug-likeness (QED) is 0.597. The summed E-state index contributed by atoms with van der Waals surface area (Å²) in [6, 6.07) is 8.87. The van der Waals surface area contributed by atoms with Crippen LogP contribution in [0.25, 0.3) is 0 Å². The van der Waals surface area contributed by atoms with Crippen LogP contribution in [0.2, 0.25) is 5.02 Å². The zero-order valence-electron chi connectivity index (χ0n) is 14.0. The van der Waals surface area contributed by atoms with Crippen molar-refractivity contribution < 1.29 is 14.5 Å². The summed E-state index contributed by atoms with van der Waals surface area (Å²) in [5.74, 6) is -0.100. The number of benzene rings is 2. The Kier molecular flexibility index (Phi) is 5.82. The van der Waals surface area contributed by atoms with Crippen LogP contribution in [0.5, 0.6) is 5.75 Å². The SMILES string of the molecule is COc1cc([N+](=O)[O-])ccc1NC(=O)[C@H](C)Nc1ccc(C)c(Cl)c1. The Labute approximate surface area is 150 Å². The van der Waals surface area contributed by atoms with Crippen LogP contribution < -0.4 is 15.4 Å². The van der Waals surface area contributed by atoms with Gasteiger partial charge in [0.05, 0.1) is 23.8 Å². The van der Waals surface area contributed by atoms with Gasteiger partial charge in [-0.2, -0.15) is 0 Å². The molecule has 0 aliphatic rings. The number of carbonyl (C=O) groups is 1. The summed E-state index contributed by atoms with van der Waals surface area (Å²) in [5, 5.41) is 17.2. The first kappa shape index (κ1) is 18.5. The van der Waals surface area contributed by atoms with E-state index in [0.29, 0.717) is 16.4 Å². The maximum absolute atomic E-state index is 12.4. The number of ether oxygens (including phenoxy) is 1. The van der Waals surface area contributed by atoms with Crippen LogP contribution in [-0.2, 0) is 4.79 Å². The molecule has 2 rings (SSSR count). The summed E-state index contributed by atoms with van der Waals surface area (Å²) in [7, 11) is 1.38. The lowest BCUT2D eigenvalue weighted by Crippen LogP contribution is -2.32. The molecule has 2 aromatic rings. The van der Waals surface area contributed by atoms with E-state index >= 15 is 0 Å². The first-order chi connectivity index (χ1) is 11.8. The molecule has 0 heterocycles. The molecule has 132 valence electrons. The molecule has 0 aliphatic carbocycles. The number of nitrogens with zero attached hydrogens (tertiary/aromatic N) is 1. The van der Waals surface area contributed by atoms with E-state index in [0.717, 1.165) is 5.56 Å². The minimum absolute atomic E-state index is 0.115. The molecule has 0 unspecified atom stereocenters. The summed E-state index contributed by atoms with van der Waals surface area (Å²) in [6.07, 6.45) is 0. The summed E-state index contributed by atoms with van der Waals surface area (Å²) in [6.45, 7) is 3.59. The Morgan fingerprint density at radius 2 is 2.00 bits per heavy atom. The number of carbonyl (C=O) groups excluding carboxylic acids is 1. The van der Waals surface area contributed by atoms with Crippen LogP contribution in [0.1, 0.15) is 12.5 Å². The van der Waals surface area contributed by atoms with E-state index in [1.54, 1.807) is 13.0 Å². The second-order valence-corrected chi connectivity index (χ2v) is 5.87. The molecule has 0 radical (unpaired) electrons. The fourth-order valence-corrected chi connectivity index (χ4v) is 2.32. The van der Waals surface area contributed by atoms with Gasteiger partial charge in [-0.15, -0.1) is 0 Å². The maximum Gasteiger partial charge on any atom is 0.273 e. The van der Waals surface area contributed by atoms with Gasteiger partial charge in [-0.05, 0) is 37.6 Å². The number of aryl methyl sites for hydroxylation is 1. The topological polar surface area (TPSA) is 93.5 Å². The van der Waals surface area contributed by atoms with Gasteiger partial charge in [-0.3, -0.25) is 14.9 Å². The molecule has 0 saturated carbocycles. The molecular weight excluding hydrogens is 346 g/mol. The van der Waals surface area contributed by atoms with E-state index in [4.69, 9.17) is 16.3 Å². The van der Waals surface area contributed by atoms with Gasteiger partial charge < -0.3 is 15.4 Å². The van der Waals surface area contributed by atoms with Crippen LogP contribution in [0.3, 0.4) is 0 Å². The number of methoxy groups -OCH3 is 1. The minimum atomic E-state index is -0.557. The highest BCUT2D eigenvalue weighted by Crippen LogP contribution is 2.29. The van der Waals surface area contributed by atoms with Crippen molar-refractivity contribution in [3.63, 3.8) is 0 Å². The molecular formula is C17H18ClN3O4.